The number of aromatic nitrogens is 2. The molecule has 0 spiro atoms. The molecular formula is C23H28F2N4O3. The lowest BCUT2D eigenvalue weighted by Gasteiger charge is -2.40. The van der Waals surface area contributed by atoms with Crippen LogP contribution in [0, 0.1) is 5.92 Å². The summed E-state index contributed by atoms with van der Waals surface area (Å²) in [6.07, 6.45) is 6.20. The second-order valence-corrected chi connectivity index (χ2v) is 8.70. The number of ether oxygens (including phenoxy) is 1. The van der Waals surface area contributed by atoms with Gasteiger partial charge in [-0.3, -0.25) is 14.5 Å². The molecule has 0 aromatic carbocycles. The van der Waals surface area contributed by atoms with E-state index >= 15 is 0 Å². The van der Waals surface area contributed by atoms with Crippen LogP contribution >= 0.6 is 0 Å². The van der Waals surface area contributed by atoms with Crippen LogP contribution in [0.25, 0.3) is 0 Å². The number of hydrogen-bond acceptors (Lipinski definition) is 5. The molecule has 1 aliphatic heterocycles. The smallest absolute Gasteiger partial charge is 0.257 e. The van der Waals surface area contributed by atoms with Crippen LogP contribution in [-0.4, -0.2) is 52.4 Å². The molecule has 9 heteroatoms. The van der Waals surface area contributed by atoms with Gasteiger partial charge in [0.25, 0.3) is 5.92 Å². The minimum atomic E-state index is -2.91. The van der Waals surface area contributed by atoms with Crippen molar-refractivity contribution in [3.63, 3.8) is 0 Å². The number of halogens is 2. The Morgan fingerprint density at radius 1 is 1.34 bits per heavy atom. The second-order valence-electron chi connectivity index (χ2n) is 8.70. The number of nitrogens with zero attached hydrogens (tertiary/aromatic N) is 2. The van der Waals surface area contributed by atoms with E-state index in [4.69, 9.17) is 4.74 Å². The standard InChI is InChI=1S/C23H28F2N4O3/c1-15(22(31)28-20-7-6-18(12-26-20)32-14-16-3-2-4-16)29-10-9-23(24,25)19(13-29)17-5-8-21(30)27-11-17/h5-8,11-12,15-16,19H,2-4,9-10,13-14H2,1H3,(H,27,30)(H,26,28,31). The van der Waals surface area contributed by atoms with Gasteiger partial charge in [0, 0.05) is 31.8 Å². The number of hydrogen-bond donors (Lipinski definition) is 2. The number of pyridine rings is 2. The van der Waals surface area contributed by atoms with Gasteiger partial charge < -0.3 is 15.0 Å². The lowest BCUT2D eigenvalue weighted by molar-refractivity contribution is -0.125. The van der Waals surface area contributed by atoms with E-state index in [1.54, 1.807) is 30.2 Å². The van der Waals surface area contributed by atoms with Crippen molar-refractivity contribution in [1.82, 2.24) is 14.9 Å². The van der Waals surface area contributed by atoms with Crippen molar-refractivity contribution in [3.05, 3.63) is 52.6 Å². The number of piperidine rings is 1. The lowest BCUT2D eigenvalue weighted by atomic mass is 9.86. The van der Waals surface area contributed by atoms with E-state index in [1.165, 1.54) is 37.6 Å². The number of anilines is 1. The number of aromatic amines is 1. The molecule has 2 aromatic heterocycles. The molecule has 0 bridgehead atoms. The van der Waals surface area contributed by atoms with Crippen LogP contribution in [0.15, 0.2) is 41.5 Å². The molecule has 2 unspecified atom stereocenters. The quantitative estimate of drug-likeness (QED) is 0.681. The number of nitrogens with one attached hydrogen (secondary N) is 2. The summed E-state index contributed by atoms with van der Waals surface area (Å²) in [5, 5.41) is 2.75. The Hall–Kier alpha value is -2.81. The maximum absolute atomic E-state index is 14.6. The van der Waals surface area contributed by atoms with E-state index in [-0.39, 0.29) is 31.0 Å². The number of alkyl halides is 2. The molecule has 1 amide bonds. The highest BCUT2D eigenvalue weighted by atomic mass is 19.3. The molecule has 2 N–H and O–H groups in total. The van der Waals surface area contributed by atoms with E-state index in [0.29, 0.717) is 29.7 Å². The Morgan fingerprint density at radius 2 is 2.16 bits per heavy atom. The summed E-state index contributed by atoms with van der Waals surface area (Å²) in [7, 11) is 0. The van der Waals surface area contributed by atoms with Gasteiger partial charge >= 0.3 is 0 Å². The molecule has 4 rings (SSSR count). The summed E-state index contributed by atoms with van der Waals surface area (Å²) < 4.78 is 34.9. The first-order valence-electron chi connectivity index (χ1n) is 11.0. The zero-order valence-electron chi connectivity index (χ0n) is 18.0. The number of carbonyl (C=O) groups is 1. The van der Waals surface area contributed by atoms with Crippen molar-refractivity contribution in [2.75, 3.05) is 25.0 Å². The molecule has 1 saturated carbocycles. The predicted octanol–water partition coefficient (Wildman–Crippen LogP) is 3.40. The van der Waals surface area contributed by atoms with E-state index in [1.807, 2.05) is 0 Å². The van der Waals surface area contributed by atoms with Gasteiger partial charge in [0.15, 0.2) is 0 Å². The minimum absolute atomic E-state index is 0.00893. The Bertz CT molecular complexity index is 971. The third kappa shape index (κ3) is 5.15. The predicted molar refractivity (Wildman–Crippen MR) is 116 cm³/mol. The fraction of sp³-hybridized carbons (Fsp3) is 0.522. The van der Waals surface area contributed by atoms with E-state index in [9.17, 15) is 18.4 Å². The SMILES string of the molecule is CC(C(=O)Nc1ccc(OCC2CCC2)cn1)N1CCC(F)(F)C(c2ccc(=O)[nH]c2)C1. The van der Waals surface area contributed by atoms with Crippen molar-refractivity contribution >= 4 is 11.7 Å². The number of H-pyrrole nitrogens is 1. The summed E-state index contributed by atoms with van der Waals surface area (Å²) in [5.74, 6) is -2.67. The van der Waals surface area contributed by atoms with Crippen LogP contribution in [0.3, 0.4) is 0 Å². The molecule has 7 nitrogen and oxygen atoms in total. The second kappa shape index (κ2) is 9.36. The number of amides is 1. The molecule has 3 heterocycles. The van der Waals surface area contributed by atoms with Gasteiger partial charge in [-0.25, -0.2) is 13.8 Å². The number of carbonyl (C=O) groups excluding carboxylic acids is 1. The highest BCUT2D eigenvalue weighted by Gasteiger charge is 2.46. The normalized spacial score (nSPS) is 22.0. The monoisotopic (exact) mass is 446 g/mol. The van der Waals surface area contributed by atoms with Crippen molar-refractivity contribution in [3.8, 4) is 5.75 Å². The van der Waals surface area contributed by atoms with Gasteiger partial charge in [0.2, 0.25) is 11.5 Å². The zero-order valence-corrected chi connectivity index (χ0v) is 18.0. The fourth-order valence-corrected chi connectivity index (χ4v) is 4.08. The minimum Gasteiger partial charge on any atom is -0.492 e. The van der Waals surface area contributed by atoms with Gasteiger partial charge in [0.05, 0.1) is 24.8 Å². The Kier molecular flexibility index (Phi) is 6.55. The van der Waals surface area contributed by atoms with Crippen LogP contribution in [0.5, 0.6) is 5.75 Å². The lowest BCUT2D eigenvalue weighted by Crippen LogP contribution is -2.52. The Labute approximate surface area is 185 Å². The highest BCUT2D eigenvalue weighted by molar-refractivity contribution is 5.93. The largest absolute Gasteiger partial charge is 0.492 e. The van der Waals surface area contributed by atoms with E-state index < -0.39 is 17.9 Å². The molecule has 2 fully saturated rings. The van der Waals surface area contributed by atoms with Gasteiger partial charge in [-0.1, -0.05) is 12.5 Å². The molecular weight excluding hydrogens is 418 g/mol. The van der Waals surface area contributed by atoms with Crippen molar-refractivity contribution in [2.24, 2.45) is 5.92 Å². The zero-order chi connectivity index (χ0) is 22.7. The summed E-state index contributed by atoms with van der Waals surface area (Å²) in [6.45, 7) is 2.48. The first-order chi connectivity index (χ1) is 15.3. The van der Waals surface area contributed by atoms with Gasteiger partial charge in [-0.2, -0.15) is 0 Å². The third-order valence-electron chi connectivity index (χ3n) is 6.50. The molecule has 0 radical (unpaired) electrons. The molecule has 1 saturated heterocycles. The van der Waals surface area contributed by atoms with Crippen LogP contribution in [0.1, 0.15) is 44.1 Å². The summed E-state index contributed by atoms with van der Waals surface area (Å²) >= 11 is 0. The van der Waals surface area contributed by atoms with Crippen LogP contribution in [0.4, 0.5) is 14.6 Å². The Morgan fingerprint density at radius 3 is 2.78 bits per heavy atom. The first-order valence-corrected chi connectivity index (χ1v) is 11.0. The topological polar surface area (TPSA) is 87.3 Å². The summed E-state index contributed by atoms with van der Waals surface area (Å²) in [4.78, 5) is 32.5. The molecule has 2 atom stereocenters. The van der Waals surface area contributed by atoms with Crippen LogP contribution < -0.4 is 15.6 Å². The number of likely N-dealkylation sites (tertiary alicyclic amines) is 1. The fourth-order valence-electron chi connectivity index (χ4n) is 4.08. The van der Waals surface area contributed by atoms with Crippen LogP contribution in [0.2, 0.25) is 0 Å². The molecule has 1 aliphatic carbocycles. The van der Waals surface area contributed by atoms with Crippen molar-refractivity contribution in [1.29, 1.82) is 0 Å². The maximum atomic E-state index is 14.6. The number of rotatable bonds is 7. The molecule has 32 heavy (non-hydrogen) atoms. The molecule has 2 aromatic rings. The maximum Gasteiger partial charge on any atom is 0.257 e. The van der Waals surface area contributed by atoms with Gasteiger partial charge in [0.1, 0.15) is 11.6 Å². The summed E-state index contributed by atoms with van der Waals surface area (Å²) in [5.41, 5.74) is 0.00972. The van der Waals surface area contributed by atoms with Gasteiger partial charge in [-0.05, 0) is 43.4 Å². The van der Waals surface area contributed by atoms with Crippen molar-refractivity contribution < 1.29 is 18.3 Å². The Balaban J connectivity index is 1.35. The average Bonchev–Trinajstić information content (AvgIpc) is 2.74. The van der Waals surface area contributed by atoms with Gasteiger partial charge in [-0.15, -0.1) is 0 Å². The summed E-state index contributed by atoms with van der Waals surface area (Å²) in [6, 6.07) is 5.48. The molecule has 2 aliphatic rings. The highest BCUT2D eigenvalue weighted by Crippen LogP contribution is 2.40. The van der Waals surface area contributed by atoms with E-state index in [2.05, 4.69) is 15.3 Å². The van der Waals surface area contributed by atoms with Crippen molar-refractivity contribution in [2.45, 2.75) is 50.5 Å². The van der Waals surface area contributed by atoms with Crippen LogP contribution in [-0.2, 0) is 4.79 Å². The first kappa shape index (κ1) is 22.4. The average molecular weight is 446 g/mol. The third-order valence-corrected chi connectivity index (χ3v) is 6.50. The molecule has 172 valence electrons. The van der Waals surface area contributed by atoms with E-state index in [0.717, 1.165) is 0 Å².